The van der Waals surface area contributed by atoms with E-state index in [1.165, 1.54) is 12.1 Å². The highest BCUT2D eigenvalue weighted by Gasteiger charge is 2.34. The lowest BCUT2D eigenvalue weighted by atomic mass is 10.1. The van der Waals surface area contributed by atoms with Gasteiger partial charge in [0.05, 0.1) is 11.3 Å². The maximum atomic E-state index is 13.1. The van der Waals surface area contributed by atoms with Crippen molar-refractivity contribution < 1.29 is 18.0 Å². The van der Waals surface area contributed by atoms with Crippen LogP contribution in [-0.4, -0.2) is 54.2 Å². The lowest BCUT2D eigenvalue weighted by Gasteiger charge is -2.32. The molecule has 2 heterocycles. The van der Waals surface area contributed by atoms with Crippen molar-refractivity contribution in [2.75, 3.05) is 43.4 Å². The van der Waals surface area contributed by atoms with Crippen LogP contribution in [0.4, 0.5) is 24.7 Å². The van der Waals surface area contributed by atoms with Crippen molar-refractivity contribution in [2.24, 2.45) is 0 Å². The van der Waals surface area contributed by atoms with E-state index in [4.69, 9.17) is 11.6 Å². The van der Waals surface area contributed by atoms with Crippen LogP contribution in [0.5, 0.6) is 0 Å². The Morgan fingerprint density at radius 3 is 2.41 bits per heavy atom. The third kappa shape index (κ3) is 4.67. The fourth-order valence-electron chi connectivity index (χ4n) is 2.70. The average Bonchev–Trinajstić information content (AvgIpc) is 2.63. The summed E-state index contributed by atoms with van der Waals surface area (Å²) in [5, 5.41) is 10.0. The number of hydrogen-bond donors (Lipinski definition) is 1. The smallest absolute Gasteiger partial charge is 0.353 e. The minimum atomic E-state index is -4.65. The van der Waals surface area contributed by atoms with E-state index in [0.717, 1.165) is 38.3 Å². The van der Waals surface area contributed by atoms with Crippen LogP contribution in [0.25, 0.3) is 0 Å². The van der Waals surface area contributed by atoms with E-state index in [1.54, 1.807) is 6.07 Å². The molecule has 1 aliphatic heterocycles. The Balaban J connectivity index is 1.74. The Morgan fingerprint density at radius 1 is 1.11 bits per heavy atom. The van der Waals surface area contributed by atoms with Gasteiger partial charge in [0.15, 0.2) is 11.5 Å². The summed E-state index contributed by atoms with van der Waals surface area (Å²) in [5.74, 6) is -0.151. The molecule has 1 saturated heterocycles. The van der Waals surface area contributed by atoms with Crippen LogP contribution in [0.2, 0.25) is 5.02 Å². The molecule has 1 amide bonds. The summed E-state index contributed by atoms with van der Waals surface area (Å²) < 4.78 is 39.4. The van der Waals surface area contributed by atoms with E-state index >= 15 is 0 Å². The number of piperazine rings is 1. The van der Waals surface area contributed by atoms with Crippen LogP contribution < -0.4 is 10.2 Å². The van der Waals surface area contributed by atoms with Crippen LogP contribution in [0.15, 0.2) is 30.3 Å². The van der Waals surface area contributed by atoms with Gasteiger partial charge in [0, 0.05) is 31.2 Å². The summed E-state index contributed by atoms with van der Waals surface area (Å²) >= 11 is 5.63. The van der Waals surface area contributed by atoms with E-state index < -0.39 is 17.6 Å². The second-order valence-electron chi connectivity index (χ2n) is 6.21. The molecular formula is C17H17ClF3N5O. The van der Waals surface area contributed by atoms with E-state index in [-0.39, 0.29) is 16.4 Å². The molecule has 1 N–H and O–H groups in total. The highest BCUT2D eigenvalue weighted by atomic mass is 35.5. The zero-order valence-corrected chi connectivity index (χ0v) is 15.2. The number of hydrogen-bond acceptors (Lipinski definition) is 5. The second kappa shape index (κ2) is 7.69. The molecule has 0 atom stereocenters. The van der Waals surface area contributed by atoms with Gasteiger partial charge in [0.25, 0.3) is 5.91 Å². The first kappa shape index (κ1) is 19.4. The van der Waals surface area contributed by atoms with E-state index in [1.807, 2.05) is 11.9 Å². The van der Waals surface area contributed by atoms with Gasteiger partial charge in [-0.05, 0) is 37.4 Å². The summed E-state index contributed by atoms with van der Waals surface area (Å²) in [4.78, 5) is 16.5. The molecule has 1 fully saturated rings. The van der Waals surface area contributed by atoms with E-state index in [2.05, 4.69) is 20.4 Å². The van der Waals surface area contributed by atoms with Crippen molar-refractivity contribution in [3.63, 3.8) is 0 Å². The average molecular weight is 400 g/mol. The first-order valence-corrected chi connectivity index (χ1v) is 8.57. The quantitative estimate of drug-likeness (QED) is 0.859. The number of rotatable bonds is 3. The molecule has 1 aromatic heterocycles. The lowest BCUT2D eigenvalue weighted by molar-refractivity contribution is -0.136. The largest absolute Gasteiger partial charge is 0.418 e. The zero-order chi connectivity index (χ0) is 19.6. The Morgan fingerprint density at radius 2 is 1.81 bits per heavy atom. The molecule has 0 saturated carbocycles. The van der Waals surface area contributed by atoms with Crippen LogP contribution in [0, 0.1) is 0 Å². The number of halogens is 4. The Labute approximate surface area is 158 Å². The van der Waals surface area contributed by atoms with Crippen molar-refractivity contribution >= 4 is 29.0 Å². The number of nitrogens with zero attached hydrogens (tertiary/aromatic N) is 4. The molecule has 144 valence electrons. The molecule has 1 aromatic carbocycles. The Kier molecular flexibility index (Phi) is 5.52. The van der Waals surface area contributed by atoms with Gasteiger partial charge >= 0.3 is 6.18 Å². The lowest BCUT2D eigenvalue weighted by Crippen LogP contribution is -2.44. The van der Waals surface area contributed by atoms with Crippen LogP contribution >= 0.6 is 11.6 Å². The van der Waals surface area contributed by atoms with Gasteiger partial charge in [-0.1, -0.05) is 11.6 Å². The number of alkyl halides is 3. The number of anilines is 2. The Hall–Kier alpha value is -2.39. The van der Waals surface area contributed by atoms with Gasteiger partial charge in [-0.2, -0.15) is 13.2 Å². The molecule has 0 radical (unpaired) electrons. The van der Waals surface area contributed by atoms with E-state index in [0.29, 0.717) is 5.82 Å². The molecule has 0 unspecified atom stereocenters. The predicted molar refractivity (Wildman–Crippen MR) is 96.1 cm³/mol. The molecule has 10 heteroatoms. The summed E-state index contributed by atoms with van der Waals surface area (Å²) in [6, 6.07) is 6.22. The number of amides is 1. The van der Waals surface area contributed by atoms with Gasteiger partial charge in [-0.15, -0.1) is 10.2 Å². The summed E-state index contributed by atoms with van der Waals surface area (Å²) in [6.07, 6.45) is -4.65. The van der Waals surface area contributed by atoms with Gasteiger partial charge in [-0.25, -0.2) is 0 Å². The molecule has 6 nitrogen and oxygen atoms in total. The number of carbonyl (C=O) groups excluding carboxylic acids is 1. The van der Waals surface area contributed by atoms with Gasteiger partial charge in [0.2, 0.25) is 0 Å². The molecule has 0 spiro atoms. The monoisotopic (exact) mass is 399 g/mol. The number of carbonyl (C=O) groups is 1. The topological polar surface area (TPSA) is 61.4 Å². The van der Waals surface area contributed by atoms with E-state index in [9.17, 15) is 18.0 Å². The van der Waals surface area contributed by atoms with Gasteiger partial charge in [0.1, 0.15) is 0 Å². The van der Waals surface area contributed by atoms with Crippen LogP contribution in [0.1, 0.15) is 16.1 Å². The number of aromatic nitrogens is 2. The number of benzene rings is 1. The normalized spacial score (nSPS) is 15.7. The fraction of sp³-hybridized carbons (Fsp3) is 0.353. The minimum Gasteiger partial charge on any atom is -0.353 e. The van der Waals surface area contributed by atoms with Crippen molar-refractivity contribution in [2.45, 2.75) is 6.18 Å². The third-order valence-electron chi connectivity index (χ3n) is 4.25. The maximum Gasteiger partial charge on any atom is 0.418 e. The minimum absolute atomic E-state index is 0.0726. The summed E-state index contributed by atoms with van der Waals surface area (Å²) in [6.45, 7) is 3.36. The molecule has 0 bridgehead atoms. The molecule has 1 aliphatic rings. The van der Waals surface area contributed by atoms with Crippen LogP contribution in [-0.2, 0) is 6.18 Å². The van der Waals surface area contributed by atoms with Crippen molar-refractivity contribution in [3.8, 4) is 0 Å². The van der Waals surface area contributed by atoms with Crippen molar-refractivity contribution in [1.82, 2.24) is 15.1 Å². The highest BCUT2D eigenvalue weighted by molar-refractivity contribution is 6.30. The van der Waals surface area contributed by atoms with Gasteiger partial charge in [-0.3, -0.25) is 4.79 Å². The first-order chi connectivity index (χ1) is 12.7. The highest BCUT2D eigenvalue weighted by Crippen LogP contribution is 2.36. The number of likely N-dealkylation sites (N-methyl/N-ethyl adjacent to an activating group) is 1. The van der Waals surface area contributed by atoms with Crippen molar-refractivity contribution in [1.29, 1.82) is 0 Å². The van der Waals surface area contributed by atoms with Crippen molar-refractivity contribution in [3.05, 3.63) is 46.6 Å². The zero-order valence-electron chi connectivity index (χ0n) is 14.4. The van der Waals surface area contributed by atoms with Crippen LogP contribution in [0.3, 0.4) is 0 Å². The fourth-order valence-corrected chi connectivity index (χ4v) is 2.87. The first-order valence-electron chi connectivity index (χ1n) is 8.19. The standard InChI is InChI=1S/C17H17ClF3N5O/c1-25-6-8-26(9-7-25)15-5-4-14(23-24-15)16(27)22-13-3-2-11(18)10-12(13)17(19,20)21/h2-5,10H,6-9H2,1H3,(H,22,27). The predicted octanol–water partition coefficient (Wildman–Crippen LogP) is 3.15. The molecule has 27 heavy (non-hydrogen) atoms. The third-order valence-corrected chi connectivity index (χ3v) is 4.48. The molecule has 2 aromatic rings. The molecular weight excluding hydrogens is 383 g/mol. The number of nitrogens with one attached hydrogen (secondary N) is 1. The SMILES string of the molecule is CN1CCN(c2ccc(C(=O)Nc3ccc(Cl)cc3C(F)(F)F)nn2)CC1. The molecule has 0 aliphatic carbocycles. The van der Waals surface area contributed by atoms with Gasteiger partial charge < -0.3 is 15.1 Å². The molecule has 3 rings (SSSR count). The summed E-state index contributed by atoms with van der Waals surface area (Å²) in [7, 11) is 2.03. The maximum absolute atomic E-state index is 13.1. The Bertz CT molecular complexity index is 820. The summed E-state index contributed by atoms with van der Waals surface area (Å²) in [5.41, 5.74) is -1.48. The second-order valence-corrected chi connectivity index (χ2v) is 6.65.